The van der Waals surface area contributed by atoms with E-state index in [-0.39, 0.29) is 16.5 Å². The van der Waals surface area contributed by atoms with Gasteiger partial charge in [0.2, 0.25) is 0 Å². The maximum atomic E-state index is 12.0. The van der Waals surface area contributed by atoms with Crippen LogP contribution in [0.25, 0.3) is 0 Å². The molecular weight excluding hydrogens is 334 g/mol. The lowest BCUT2D eigenvalue weighted by atomic mass is 10.1. The largest absolute Gasteiger partial charge is 0.867 e. The standard InChI is InChI=1S/C16H14ClN3O4/c1-2-18-16(22)10-4-3-5-13(7-10)19-9-11-6-12(17)8-14(15(11)21)20(23)24/h3-9,21H,2H2,1H3,(H,18,22)/p-1. The molecule has 0 aromatic heterocycles. The third-order valence-electron chi connectivity index (χ3n) is 3.06. The molecule has 1 N–H and O–H groups in total. The van der Waals surface area contributed by atoms with E-state index in [0.29, 0.717) is 17.8 Å². The lowest BCUT2D eigenvalue weighted by Gasteiger charge is -2.10. The van der Waals surface area contributed by atoms with Crippen LogP contribution in [-0.2, 0) is 0 Å². The van der Waals surface area contributed by atoms with Gasteiger partial charge in [0.05, 0.1) is 10.6 Å². The molecule has 0 fully saturated rings. The average Bonchev–Trinajstić information content (AvgIpc) is 2.55. The highest BCUT2D eigenvalue weighted by molar-refractivity contribution is 6.31. The van der Waals surface area contributed by atoms with Gasteiger partial charge in [-0.05, 0) is 42.5 Å². The fourth-order valence-corrected chi connectivity index (χ4v) is 2.19. The van der Waals surface area contributed by atoms with Gasteiger partial charge in [0.25, 0.3) is 11.6 Å². The fourth-order valence-electron chi connectivity index (χ4n) is 1.97. The lowest BCUT2D eigenvalue weighted by Crippen LogP contribution is -2.22. The Balaban J connectivity index is 2.33. The van der Waals surface area contributed by atoms with Gasteiger partial charge in [-0.2, -0.15) is 0 Å². The Morgan fingerprint density at radius 1 is 1.38 bits per heavy atom. The van der Waals surface area contributed by atoms with E-state index in [0.717, 1.165) is 6.07 Å². The summed E-state index contributed by atoms with van der Waals surface area (Å²) in [5.74, 6) is -1.01. The van der Waals surface area contributed by atoms with E-state index in [1.807, 2.05) is 6.92 Å². The number of nitrogens with zero attached hydrogens (tertiary/aromatic N) is 2. The first-order chi connectivity index (χ1) is 11.4. The number of amides is 1. The zero-order valence-corrected chi connectivity index (χ0v) is 13.4. The number of nitro groups is 1. The van der Waals surface area contributed by atoms with Gasteiger partial charge in [-0.3, -0.25) is 19.9 Å². The second-order valence-corrected chi connectivity index (χ2v) is 5.20. The van der Waals surface area contributed by atoms with Crippen LogP contribution in [0, 0.1) is 10.1 Å². The monoisotopic (exact) mass is 346 g/mol. The number of benzene rings is 2. The lowest BCUT2D eigenvalue weighted by molar-refractivity contribution is -0.398. The van der Waals surface area contributed by atoms with E-state index in [2.05, 4.69) is 10.3 Å². The van der Waals surface area contributed by atoms with Crippen LogP contribution >= 0.6 is 11.6 Å². The molecule has 24 heavy (non-hydrogen) atoms. The van der Waals surface area contributed by atoms with Gasteiger partial charge >= 0.3 is 0 Å². The van der Waals surface area contributed by atoms with Crippen LogP contribution in [0.4, 0.5) is 11.4 Å². The van der Waals surface area contributed by atoms with Crippen molar-refractivity contribution >= 4 is 35.1 Å². The minimum atomic E-state index is -0.790. The summed E-state index contributed by atoms with van der Waals surface area (Å²) in [7, 11) is 0. The summed E-state index contributed by atoms with van der Waals surface area (Å²) in [6.45, 7) is 2.31. The predicted molar refractivity (Wildman–Crippen MR) is 89.3 cm³/mol. The first kappa shape index (κ1) is 17.4. The molecule has 2 aromatic rings. The Morgan fingerprint density at radius 3 is 2.79 bits per heavy atom. The molecule has 1 amide bonds. The van der Waals surface area contributed by atoms with Crippen molar-refractivity contribution in [3.05, 3.63) is 62.7 Å². The summed E-state index contributed by atoms with van der Waals surface area (Å²) in [6, 6.07) is 8.77. The molecule has 7 nitrogen and oxygen atoms in total. The number of nitrogens with one attached hydrogen (secondary N) is 1. The minimum absolute atomic E-state index is 0.00221. The predicted octanol–water partition coefficient (Wildman–Crippen LogP) is 2.82. The third-order valence-corrected chi connectivity index (χ3v) is 3.28. The van der Waals surface area contributed by atoms with Crippen molar-refractivity contribution in [2.75, 3.05) is 6.54 Å². The summed E-state index contributed by atoms with van der Waals surface area (Å²) < 4.78 is 0. The molecule has 0 aliphatic rings. The highest BCUT2D eigenvalue weighted by atomic mass is 35.5. The van der Waals surface area contributed by atoms with Crippen molar-refractivity contribution in [2.45, 2.75) is 6.92 Å². The summed E-state index contributed by atoms with van der Waals surface area (Å²) in [5, 5.41) is 25.6. The van der Waals surface area contributed by atoms with Crippen LogP contribution in [0.15, 0.2) is 41.4 Å². The van der Waals surface area contributed by atoms with Crippen LogP contribution in [0.3, 0.4) is 0 Å². The third kappa shape index (κ3) is 4.08. The molecule has 0 bridgehead atoms. The van der Waals surface area contributed by atoms with Gasteiger partial charge in [-0.1, -0.05) is 17.7 Å². The summed E-state index contributed by atoms with van der Waals surface area (Å²) in [4.78, 5) is 25.9. The van der Waals surface area contributed by atoms with Gasteiger partial charge in [0, 0.05) is 29.4 Å². The molecule has 2 aromatic carbocycles. The van der Waals surface area contributed by atoms with E-state index in [1.54, 1.807) is 24.3 Å². The molecule has 0 heterocycles. The summed E-state index contributed by atoms with van der Waals surface area (Å²) in [6.07, 6.45) is 1.19. The average molecular weight is 347 g/mol. The Kier molecular flexibility index (Phi) is 5.49. The molecule has 0 aliphatic heterocycles. The van der Waals surface area contributed by atoms with Crippen LogP contribution in [0.2, 0.25) is 5.02 Å². The molecule has 2 rings (SSSR count). The Labute approximate surface area is 142 Å². The topological polar surface area (TPSA) is 108 Å². The molecule has 0 saturated carbocycles. The Bertz CT molecular complexity index is 821. The van der Waals surface area contributed by atoms with E-state index in [9.17, 15) is 20.0 Å². The highest BCUT2D eigenvalue weighted by Crippen LogP contribution is 2.30. The maximum absolute atomic E-state index is 12.0. The Hall–Kier alpha value is -2.93. The number of hydrogen-bond acceptors (Lipinski definition) is 5. The number of halogens is 1. The highest BCUT2D eigenvalue weighted by Gasteiger charge is 2.11. The molecule has 0 atom stereocenters. The van der Waals surface area contributed by atoms with Gasteiger partial charge in [0.1, 0.15) is 0 Å². The second-order valence-electron chi connectivity index (χ2n) is 4.77. The van der Waals surface area contributed by atoms with Gasteiger partial charge in [0.15, 0.2) is 0 Å². The Morgan fingerprint density at radius 2 is 2.12 bits per heavy atom. The van der Waals surface area contributed by atoms with Crippen molar-refractivity contribution in [3.8, 4) is 5.75 Å². The number of nitro benzene ring substituents is 1. The smallest absolute Gasteiger partial charge is 0.263 e. The van der Waals surface area contributed by atoms with E-state index in [1.165, 1.54) is 12.3 Å². The molecular formula is C16H13ClN3O4-. The second kappa shape index (κ2) is 7.56. The number of carbonyl (C=O) groups is 1. The molecule has 124 valence electrons. The first-order valence-electron chi connectivity index (χ1n) is 6.99. The minimum Gasteiger partial charge on any atom is -0.867 e. The first-order valence-corrected chi connectivity index (χ1v) is 7.37. The zero-order chi connectivity index (χ0) is 17.7. The molecule has 0 aliphatic carbocycles. The summed E-state index contributed by atoms with van der Waals surface area (Å²) in [5.41, 5.74) is 0.240. The number of rotatable bonds is 5. The van der Waals surface area contributed by atoms with Crippen molar-refractivity contribution in [1.29, 1.82) is 0 Å². The van der Waals surface area contributed by atoms with Crippen LogP contribution in [0.1, 0.15) is 22.8 Å². The van der Waals surface area contributed by atoms with Crippen LogP contribution in [-0.4, -0.2) is 23.6 Å². The SMILES string of the molecule is CCNC(=O)c1cccc(N=Cc2cc(Cl)cc([N+](=O)[O-])c2[O-])c1. The van der Waals surface area contributed by atoms with Gasteiger partial charge in [-0.25, -0.2) is 0 Å². The number of aliphatic imine (C=N–C) groups is 1. The van der Waals surface area contributed by atoms with Crippen LogP contribution < -0.4 is 10.4 Å². The molecule has 0 spiro atoms. The van der Waals surface area contributed by atoms with Crippen LogP contribution in [0.5, 0.6) is 5.75 Å². The molecule has 0 unspecified atom stereocenters. The molecule has 0 radical (unpaired) electrons. The molecule has 8 heteroatoms. The van der Waals surface area contributed by atoms with Crippen molar-refractivity contribution in [3.63, 3.8) is 0 Å². The van der Waals surface area contributed by atoms with E-state index < -0.39 is 16.4 Å². The summed E-state index contributed by atoms with van der Waals surface area (Å²) >= 11 is 5.79. The number of carbonyl (C=O) groups excluding carboxylic acids is 1. The normalized spacial score (nSPS) is 10.8. The molecule has 0 saturated heterocycles. The quantitative estimate of drug-likeness (QED) is 0.510. The van der Waals surface area contributed by atoms with Crippen molar-refractivity contribution < 1.29 is 14.8 Å². The van der Waals surface area contributed by atoms with Crippen molar-refractivity contribution in [2.24, 2.45) is 4.99 Å². The maximum Gasteiger partial charge on any atom is 0.263 e. The van der Waals surface area contributed by atoms with E-state index >= 15 is 0 Å². The fraction of sp³-hybridized carbons (Fsp3) is 0.125. The van der Waals surface area contributed by atoms with Gasteiger partial charge in [-0.15, -0.1) is 0 Å². The van der Waals surface area contributed by atoms with E-state index in [4.69, 9.17) is 11.6 Å². The van der Waals surface area contributed by atoms with Gasteiger partial charge < -0.3 is 10.4 Å². The van der Waals surface area contributed by atoms with Crippen molar-refractivity contribution in [1.82, 2.24) is 5.32 Å². The zero-order valence-electron chi connectivity index (χ0n) is 12.7. The number of hydrogen-bond donors (Lipinski definition) is 1.